The second kappa shape index (κ2) is 7.21. The molecule has 0 aliphatic heterocycles. The highest BCUT2D eigenvalue weighted by atomic mass is 35.5. The van der Waals surface area contributed by atoms with E-state index >= 15 is 0 Å². The van der Waals surface area contributed by atoms with E-state index in [-0.39, 0.29) is 10.6 Å². The molecule has 0 aliphatic rings. The van der Waals surface area contributed by atoms with E-state index in [0.29, 0.717) is 10.6 Å². The number of nitrogens with zero attached hydrogens (tertiary/aromatic N) is 1. The van der Waals surface area contributed by atoms with Gasteiger partial charge in [0.1, 0.15) is 5.56 Å². The first-order valence-electron chi connectivity index (χ1n) is 6.28. The van der Waals surface area contributed by atoms with Crippen LogP contribution in [-0.2, 0) is 4.74 Å². The molecular formula is C15H9Cl2NO5. The maximum atomic E-state index is 11.9. The lowest BCUT2D eigenvalue weighted by atomic mass is 10.1. The van der Waals surface area contributed by atoms with Gasteiger partial charge in [-0.25, -0.2) is 4.79 Å². The van der Waals surface area contributed by atoms with Crippen LogP contribution in [0.3, 0.4) is 0 Å². The number of Topliss-reactive ketones (excluding diaryl/α,β-unsaturated/α-hetero) is 1. The summed E-state index contributed by atoms with van der Waals surface area (Å²) in [7, 11) is 0. The third-order valence-corrected chi connectivity index (χ3v) is 3.36. The molecule has 2 rings (SSSR count). The van der Waals surface area contributed by atoms with Crippen LogP contribution in [0.25, 0.3) is 0 Å². The fourth-order valence-electron chi connectivity index (χ4n) is 1.76. The summed E-state index contributed by atoms with van der Waals surface area (Å²) in [6.07, 6.45) is 0. The molecule has 6 nitrogen and oxygen atoms in total. The quantitative estimate of drug-likeness (QED) is 0.351. The normalized spacial score (nSPS) is 10.2. The zero-order valence-electron chi connectivity index (χ0n) is 11.5. The number of hydrogen-bond donors (Lipinski definition) is 0. The van der Waals surface area contributed by atoms with Crippen LogP contribution in [0.15, 0.2) is 42.5 Å². The first-order chi connectivity index (χ1) is 10.9. The molecule has 2 aromatic rings. The van der Waals surface area contributed by atoms with E-state index < -0.39 is 29.0 Å². The summed E-state index contributed by atoms with van der Waals surface area (Å²) in [6, 6.07) is 9.58. The van der Waals surface area contributed by atoms with Gasteiger partial charge in [0, 0.05) is 21.7 Å². The molecule has 0 N–H and O–H groups in total. The second-order valence-electron chi connectivity index (χ2n) is 4.42. The van der Waals surface area contributed by atoms with Crippen LogP contribution in [0.1, 0.15) is 20.7 Å². The van der Waals surface area contributed by atoms with Crippen LogP contribution in [0.2, 0.25) is 10.0 Å². The van der Waals surface area contributed by atoms with Crippen molar-refractivity contribution in [2.45, 2.75) is 0 Å². The van der Waals surface area contributed by atoms with Gasteiger partial charge < -0.3 is 4.74 Å². The lowest BCUT2D eigenvalue weighted by Crippen LogP contribution is -2.15. The largest absolute Gasteiger partial charge is 0.454 e. The fourth-order valence-corrected chi connectivity index (χ4v) is 2.05. The summed E-state index contributed by atoms with van der Waals surface area (Å²) >= 11 is 11.4. The molecule has 0 radical (unpaired) electrons. The number of nitro groups is 1. The minimum atomic E-state index is -0.976. The Balaban J connectivity index is 2.09. The van der Waals surface area contributed by atoms with Crippen LogP contribution in [0.5, 0.6) is 0 Å². The van der Waals surface area contributed by atoms with Crippen LogP contribution >= 0.6 is 23.2 Å². The number of esters is 1. The Labute approximate surface area is 140 Å². The molecule has 0 aromatic heterocycles. The molecule has 0 unspecified atom stereocenters. The number of hydrogen-bond acceptors (Lipinski definition) is 5. The van der Waals surface area contributed by atoms with Crippen molar-refractivity contribution in [3.63, 3.8) is 0 Å². The zero-order chi connectivity index (χ0) is 17.0. The summed E-state index contributed by atoms with van der Waals surface area (Å²) in [5, 5.41) is 11.5. The average Bonchev–Trinajstić information content (AvgIpc) is 2.52. The molecule has 0 saturated carbocycles. The minimum Gasteiger partial charge on any atom is -0.454 e. The number of halogens is 2. The Bertz CT molecular complexity index is 774. The number of nitro benzene ring substituents is 1. The molecule has 0 heterocycles. The number of carbonyl (C=O) groups excluding carboxylic acids is 2. The van der Waals surface area contributed by atoms with Gasteiger partial charge in [0.15, 0.2) is 12.4 Å². The summed E-state index contributed by atoms with van der Waals surface area (Å²) in [6.45, 7) is -0.541. The van der Waals surface area contributed by atoms with Crippen LogP contribution in [-0.4, -0.2) is 23.3 Å². The van der Waals surface area contributed by atoms with Crippen molar-refractivity contribution in [1.82, 2.24) is 0 Å². The van der Waals surface area contributed by atoms with Crippen molar-refractivity contribution in [3.8, 4) is 0 Å². The maximum Gasteiger partial charge on any atom is 0.345 e. The van der Waals surface area contributed by atoms with Gasteiger partial charge in [-0.15, -0.1) is 0 Å². The minimum absolute atomic E-state index is 0.116. The number of ketones is 1. The van der Waals surface area contributed by atoms with Gasteiger partial charge in [-0.1, -0.05) is 23.2 Å². The molecule has 0 saturated heterocycles. The third kappa shape index (κ3) is 4.28. The number of carbonyl (C=O) groups is 2. The predicted molar refractivity (Wildman–Crippen MR) is 84.2 cm³/mol. The van der Waals surface area contributed by atoms with Crippen molar-refractivity contribution in [2.75, 3.05) is 6.61 Å². The topological polar surface area (TPSA) is 86.5 Å². The first-order valence-corrected chi connectivity index (χ1v) is 7.04. The first kappa shape index (κ1) is 16.9. The van der Waals surface area contributed by atoms with Crippen molar-refractivity contribution < 1.29 is 19.2 Å². The Morgan fingerprint density at radius 1 is 1.04 bits per heavy atom. The highest BCUT2D eigenvalue weighted by molar-refractivity contribution is 6.31. The molecular weight excluding hydrogens is 345 g/mol. The van der Waals surface area contributed by atoms with Gasteiger partial charge >= 0.3 is 5.97 Å². The monoisotopic (exact) mass is 353 g/mol. The van der Waals surface area contributed by atoms with Crippen LogP contribution in [0, 0.1) is 10.1 Å². The van der Waals surface area contributed by atoms with E-state index in [0.717, 1.165) is 6.07 Å². The molecule has 0 amide bonds. The Kier molecular flexibility index (Phi) is 5.31. The highest BCUT2D eigenvalue weighted by Gasteiger charge is 2.22. The molecule has 0 fully saturated rings. The summed E-state index contributed by atoms with van der Waals surface area (Å²) in [4.78, 5) is 34.0. The Hall–Kier alpha value is -2.44. The molecule has 23 heavy (non-hydrogen) atoms. The second-order valence-corrected chi connectivity index (χ2v) is 5.30. The highest BCUT2D eigenvalue weighted by Crippen LogP contribution is 2.24. The summed E-state index contributed by atoms with van der Waals surface area (Å²) < 4.78 is 4.84. The van der Waals surface area contributed by atoms with Gasteiger partial charge in [-0.2, -0.15) is 0 Å². The molecule has 0 aliphatic carbocycles. The predicted octanol–water partition coefficient (Wildman–Crippen LogP) is 3.94. The molecule has 0 bridgehead atoms. The van der Waals surface area contributed by atoms with Gasteiger partial charge in [0.25, 0.3) is 5.69 Å². The van der Waals surface area contributed by atoms with E-state index in [2.05, 4.69) is 0 Å². The van der Waals surface area contributed by atoms with Gasteiger partial charge in [0.2, 0.25) is 0 Å². The van der Waals surface area contributed by atoms with Gasteiger partial charge in [-0.05, 0) is 36.4 Å². The van der Waals surface area contributed by atoms with E-state index in [1.54, 1.807) is 0 Å². The Morgan fingerprint density at radius 2 is 1.65 bits per heavy atom. The van der Waals surface area contributed by atoms with Crippen molar-refractivity contribution >= 4 is 40.6 Å². The third-order valence-electron chi connectivity index (χ3n) is 2.88. The maximum absolute atomic E-state index is 11.9. The smallest absolute Gasteiger partial charge is 0.345 e. The molecule has 0 spiro atoms. The summed E-state index contributed by atoms with van der Waals surface area (Å²) in [5.74, 6) is -1.43. The zero-order valence-corrected chi connectivity index (χ0v) is 13.0. The molecule has 0 atom stereocenters. The van der Waals surface area contributed by atoms with Crippen molar-refractivity contribution in [3.05, 3.63) is 73.8 Å². The Morgan fingerprint density at radius 3 is 2.26 bits per heavy atom. The van der Waals surface area contributed by atoms with Crippen molar-refractivity contribution in [1.29, 1.82) is 0 Å². The number of benzene rings is 2. The fraction of sp³-hybridized carbons (Fsp3) is 0.0667. The standard InChI is InChI=1S/C15H9Cl2NO5/c16-10-3-1-9(2-4-10)14(19)8-23-15(20)12-6-5-11(17)7-13(12)18(21)22/h1-7H,8H2. The lowest BCUT2D eigenvalue weighted by Gasteiger charge is -2.05. The SMILES string of the molecule is O=C(COC(=O)c1ccc(Cl)cc1[N+](=O)[O-])c1ccc(Cl)cc1. The van der Waals surface area contributed by atoms with Crippen LogP contribution < -0.4 is 0 Å². The molecule has 118 valence electrons. The van der Waals surface area contributed by atoms with E-state index in [1.165, 1.54) is 36.4 Å². The average molecular weight is 354 g/mol. The van der Waals surface area contributed by atoms with Gasteiger partial charge in [-0.3, -0.25) is 14.9 Å². The number of rotatable bonds is 5. The van der Waals surface area contributed by atoms with E-state index in [4.69, 9.17) is 27.9 Å². The molecule has 2 aromatic carbocycles. The van der Waals surface area contributed by atoms with Gasteiger partial charge in [0.05, 0.1) is 4.92 Å². The molecule has 8 heteroatoms. The van der Waals surface area contributed by atoms with E-state index in [1.807, 2.05) is 0 Å². The number of ether oxygens (including phenoxy) is 1. The lowest BCUT2D eigenvalue weighted by molar-refractivity contribution is -0.385. The summed E-state index contributed by atoms with van der Waals surface area (Å²) in [5.41, 5.74) is -0.447. The van der Waals surface area contributed by atoms with Crippen LogP contribution in [0.4, 0.5) is 5.69 Å². The van der Waals surface area contributed by atoms with Crippen molar-refractivity contribution in [2.24, 2.45) is 0 Å². The van der Waals surface area contributed by atoms with E-state index in [9.17, 15) is 19.7 Å².